The molecular formula is C16H18N2O4. The maximum absolute atomic E-state index is 12.2. The number of carbonyl (C=O) groups is 2. The Morgan fingerprint density at radius 3 is 2.91 bits per heavy atom. The average molecular weight is 302 g/mol. The molecule has 1 fully saturated rings. The van der Waals surface area contributed by atoms with Gasteiger partial charge in [-0.1, -0.05) is 18.2 Å². The molecule has 22 heavy (non-hydrogen) atoms. The number of nitriles is 1. The van der Waals surface area contributed by atoms with Gasteiger partial charge < -0.3 is 14.8 Å². The van der Waals surface area contributed by atoms with Crippen molar-refractivity contribution in [2.24, 2.45) is 5.92 Å². The number of amides is 1. The molecule has 116 valence electrons. The summed E-state index contributed by atoms with van der Waals surface area (Å²) in [5.41, 5.74) is 1.18. The number of esters is 1. The second-order valence-corrected chi connectivity index (χ2v) is 5.12. The van der Waals surface area contributed by atoms with Crippen LogP contribution in [0.1, 0.15) is 17.5 Å². The van der Waals surface area contributed by atoms with Crippen LogP contribution in [0.2, 0.25) is 0 Å². The molecule has 0 radical (unpaired) electrons. The number of methoxy groups -OCH3 is 1. The van der Waals surface area contributed by atoms with E-state index in [0.717, 1.165) is 0 Å². The molecular weight excluding hydrogens is 284 g/mol. The van der Waals surface area contributed by atoms with Gasteiger partial charge in [-0.2, -0.15) is 5.26 Å². The van der Waals surface area contributed by atoms with E-state index in [2.05, 4.69) is 11.4 Å². The summed E-state index contributed by atoms with van der Waals surface area (Å²) in [6, 6.07) is 8.25. The fraction of sp³-hybridized carbons (Fsp3) is 0.438. The van der Waals surface area contributed by atoms with Crippen molar-refractivity contribution in [2.75, 3.05) is 20.3 Å². The first-order valence-corrected chi connectivity index (χ1v) is 7.09. The summed E-state index contributed by atoms with van der Waals surface area (Å²) in [5, 5.41) is 11.8. The van der Waals surface area contributed by atoms with Crippen molar-refractivity contribution in [3.8, 4) is 6.07 Å². The second kappa shape index (κ2) is 7.57. The van der Waals surface area contributed by atoms with E-state index in [9.17, 15) is 9.59 Å². The average Bonchev–Trinajstić information content (AvgIpc) is 3.08. The van der Waals surface area contributed by atoms with Gasteiger partial charge >= 0.3 is 5.97 Å². The Labute approximate surface area is 129 Å². The molecule has 0 aliphatic carbocycles. The molecule has 0 spiro atoms. The first kappa shape index (κ1) is 16.0. The van der Waals surface area contributed by atoms with Crippen LogP contribution in [0.4, 0.5) is 0 Å². The highest BCUT2D eigenvalue weighted by molar-refractivity contribution is 5.86. The Morgan fingerprint density at radius 1 is 1.50 bits per heavy atom. The minimum absolute atomic E-state index is 0.218. The van der Waals surface area contributed by atoms with Crippen LogP contribution in [0.3, 0.4) is 0 Å². The van der Waals surface area contributed by atoms with Crippen LogP contribution < -0.4 is 5.32 Å². The molecule has 1 saturated heterocycles. The molecule has 0 unspecified atom stereocenters. The third-order valence-electron chi connectivity index (χ3n) is 3.66. The van der Waals surface area contributed by atoms with E-state index in [0.29, 0.717) is 30.8 Å². The molecule has 1 aromatic rings. The number of hydrogen-bond donors (Lipinski definition) is 1. The number of rotatable bonds is 5. The summed E-state index contributed by atoms with van der Waals surface area (Å²) < 4.78 is 9.94. The lowest BCUT2D eigenvalue weighted by Gasteiger charge is -2.19. The van der Waals surface area contributed by atoms with Crippen molar-refractivity contribution in [2.45, 2.75) is 18.9 Å². The summed E-state index contributed by atoms with van der Waals surface area (Å²) in [7, 11) is 1.27. The van der Waals surface area contributed by atoms with Crippen molar-refractivity contribution >= 4 is 11.9 Å². The summed E-state index contributed by atoms with van der Waals surface area (Å²) in [4.78, 5) is 24.1. The monoisotopic (exact) mass is 302 g/mol. The lowest BCUT2D eigenvalue weighted by Crippen LogP contribution is -2.45. The van der Waals surface area contributed by atoms with Gasteiger partial charge in [0.15, 0.2) is 0 Å². The first-order valence-electron chi connectivity index (χ1n) is 7.09. The molecule has 1 heterocycles. The number of nitrogens with zero attached hydrogens (tertiary/aromatic N) is 1. The largest absolute Gasteiger partial charge is 0.467 e. The number of carbonyl (C=O) groups excluding carboxylic acids is 2. The van der Waals surface area contributed by atoms with Crippen LogP contribution in [0.5, 0.6) is 0 Å². The van der Waals surface area contributed by atoms with Gasteiger partial charge in [0.2, 0.25) is 5.91 Å². The number of nitrogens with one attached hydrogen (secondary N) is 1. The van der Waals surface area contributed by atoms with Crippen LogP contribution in [0.15, 0.2) is 24.3 Å². The summed E-state index contributed by atoms with van der Waals surface area (Å²) in [5.74, 6) is -0.985. The van der Waals surface area contributed by atoms with Crippen molar-refractivity contribution in [1.82, 2.24) is 5.32 Å². The standard InChI is InChI=1S/C16H18N2O4/c1-21-16(20)14(18-15(19)13-6-7-22-10-13)8-11-4-2-3-5-12(11)9-17/h2-5,13-14H,6-8,10H2,1H3,(H,18,19)/t13-,14-/m1/s1. The third-order valence-corrected chi connectivity index (χ3v) is 3.66. The Hall–Kier alpha value is -2.39. The second-order valence-electron chi connectivity index (χ2n) is 5.12. The van der Waals surface area contributed by atoms with Crippen molar-refractivity contribution < 1.29 is 19.1 Å². The van der Waals surface area contributed by atoms with Crippen molar-refractivity contribution in [1.29, 1.82) is 5.26 Å². The van der Waals surface area contributed by atoms with Gasteiger partial charge in [-0.3, -0.25) is 4.79 Å². The van der Waals surface area contributed by atoms with Crippen LogP contribution in [-0.4, -0.2) is 38.2 Å². The molecule has 0 saturated carbocycles. The summed E-state index contributed by atoms with van der Waals surface area (Å²) in [6.45, 7) is 0.923. The minimum Gasteiger partial charge on any atom is -0.467 e. The van der Waals surface area contributed by atoms with E-state index in [1.54, 1.807) is 24.3 Å². The highest BCUT2D eigenvalue weighted by Gasteiger charge is 2.29. The maximum Gasteiger partial charge on any atom is 0.328 e. The van der Waals surface area contributed by atoms with Crippen LogP contribution in [-0.2, 0) is 25.5 Å². The van der Waals surface area contributed by atoms with Gasteiger partial charge in [0.1, 0.15) is 6.04 Å². The number of ether oxygens (including phenoxy) is 2. The van der Waals surface area contributed by atoms with E-state index >= 15 is 0 Å². The zero-order chi connectivity index (χ0) is 15.9. The van der Waals surface area contributed by atoms with Gasteiger partial charge in [0, 0.05) is 13.0 Å². The predicted octanol–water partition coefficient (Wildman–Crippen LogP) is 0.795. The topological polar surface area (TPSA) is 88.4 Å². The van der Waals surface area contributed by atoms with E-state index in [1.807, 2.05) is 0 Å². The van der Waals surface area contributed by atoms with Gasteiger partial charge in [-0.05, 0) is 18.1 Å². The SMILES string of the molecule is COC(=O)[C@@H](Cc1ccccc1C#N)NC(=O)[C@@H]1CCOC1. The summed E-state index contributed by atoms with van der Waals surface area (Å²) in [6.07, 6.45) is 0.865. The summed E-state index contributed by atoms with van der Waals surface area (Å²) >= 11 is 0. The van der Waals surface area contributed by atoms with Crippen LogP contribution in [0.25, 0.3) is 0 Å². The Morgan fingerprint density at radius 2 is 2.27 bits per heavy atom. The maximum atomic E-state index is 12.2. The molecule has 1 amide bonds. The zero-order valence-electron chi connectivity index (χ0n) is 12.4. The van der Waals surface area contributed by atoms with Gasteiger partial charge in [0.05, 0.1) is 31.3 Å². The quantitative estimate of drug-likeness (QED) is 0.813. The molecule has 6 nitrogen and oxygen atoms in total. The lowest BCUT2D eigenvalue weighted by atomic mass is 10.00. The first-order chi connectivity index (χ1) is 10.7. The Kier molecular flexibility index (Phi) is 5.50. The molecule has 1 aliphatic rings. The Balaban J connectivity index is 2.11. The van der Waals surface area contributed by atoms with E-state index in [1.165, 1.54) is 7.11 Å². The van der Waals surface area contributed by atoms with Gasteiger partial charge in [0.25, 0.3) is 0 Å². The third kappa shape index (κ3) is 3.83. The molecule has 0 aromatic heterocycles. The minimum atomic E-state index is -0.812. The molecule has 6 heteroatoms. The van der Waals surface area contributed by atoms with E-state index in [-0.39, 0.29) is 18.2 Å². The fourth-order valence-corrected chi connectivity index (χ4v) is 2.39. The highest BCUT2D eigenvalue weighted by atomic mass is 16.5. The molecule has 2 atom stereocenters. The normalized spacial score (nSPS) is 18.3. The fourth-order valence-electron chi connectivity index (χ4n) is 2.39. The van der Waals surface area contributed by atoms with E-state index < -0.39 is 12.0 Å². The number of hydrogen-bond acceptors (Lipinski definition) is 5. The van der Waals surface area contributed by atoms with Gasteiger partial charge in [-0.25, -0.2) is 4.79 Å². The molecule has 2 rings (SSSR count). The van der Waals surface area contributed by atoms with Gasteiger partial charge in [-0.15, -0.1) is 0 Å². The highest BCUT2D eigenvalue weighted by Crippen LogP contribution is 2.15. The van der Waals surface area contributed by atoms with Crippen LogP contribution in [0, 0.1) is 17.2 Å². The number of benzene rings is 1. The van der Waals surface area contributed by atoms with Crippen molar-refractivity contribution in [3.63, 3.8) is 0 Å². The molecule has 1 N–H and O–H groups in total. The van der Waals surface area contributed by atoms with Crippen molar-refractivity contribution in [3.05, 3.63) is 35.4 Å². The Bertz CT molecular complexity index is 588. The zero-order valence-corrected chi connectivity index (χ0v) is 12.4. The van der Waals surface area contributed by atoms with Crippen LogP contribution >= 0.6 is 0 Å². The van der Waals surface area contributed by atoms with E-state index in [4.69, 9.17) is 14.7 Å². The predicted molar refractivity (Wildman–Crippen MR) is 77.7 cm³/mol. The lowest BCUT2D eigenvalue weighted by molar-refractivity contribution is -0.145. The molecule has 0 bridgehead atoms. The smallest absolute Gasteiger partial charge is 0.328 e. The molecule has 1 aromatic carbocycles. The molecule has 1 aliphatic heterocycles.